The summed E-state index contributed by atoms with van der Waals surface area (Å²) in [5, 5.41) is 15.2. The lowest BCUT2D eigenvalue weighted by Gasteiger charge is -2.34. The maximum atomic E-state index is 6.68. The second-order valence-electron chi connectivity index (χ2n) is 16.4. The third-order valence-electron chi connectivity index (χ3n) is 13.0. The van der Waals surface area contributed by atoms with Crippen LogP contribution in [0, 0.1) is 0 Å². The summed E-state index contributed by atoms with van der Waals surface area (Å²) in [7, 11) is -2.68. The van der Waals surface area contributed by atoms with Crippen LogP contribution < -0.4 is 20.7 Å². The first-order valence-corrected chi connectivity index (χ1v) is 23.4. The second-order valence-corrected chi connectivity index (χ2v) is 20.2. The molecule has 0 radical (unpaired) electrons. The second kappa shape index (κ2) is 14.7. The molecule has 0 aliphatic heterocycles. The van der Waals surface area contributed by atoms with Crippen molar-refractivity contribution in [2.75, 3.05) is 0 Å². The van der Waals surface area contributed by atoms with Crippen molar-refractivity contribution in [3.63, 3.8) is 0 Å². The van der Waals surface area contributed by atoms with Gasteiger partial charge in [0.05, 0.1) is 0 Å². The SMILES string of the molecule is c1ccc([Si](c2ccccc2)(c2ccccc2)c2ccc3oc4cc(-c5ccc(-c6c7ccccc7c(-c7ccc8ccccc8c7)c7ccccc67)cc5)ccc4c3c2)cc1. The van der Waals surface area contributed by atoms with Crippen molar-refractivity contribution in [3.8, 4) is 33.4 Å². The van der Waals surface area contributed by atoms with E-state index in [1.165, 1.54) is 75.3 Å². The smallest absolute Gasteiger partial charge is 0.179 e. The summed E-state index contributed by atoms with van der Waals surface area (Å²) in [5.41, 5.74) is 9.06. The van der Waals surface area contributed by atoms with E-state index < -0.39 is 8.07 Å². The predicted molar refractivity (Wildman–Crippen MR) is 266 cm³/mol. The first-order chi connectivity index (χ1) is 30.7. The molecule has 0 unspecified atom stereocenters. The molecule has 290 valence electrons. The molecule has 1 heterocycles. The fraction of sp³-hybridized carbons (Fsp3) is 0. The van der Waals surface area contributed by atoms with E-state index in [1.54, 1.807) is 0 Å². The largest absolute Gasteiger partial charge is 0.456 e. The first-order valence-electron chi connectivity index (χ1n) is 21.4. The molecule has 62 heavy (non-hydrogen) atoms. The Morgan fingerprint density at radius 2 is 0.710 bits per heavy atom. The van der Waals surface area contributed by atoms with Gasteiger partial charge >= 0.3 is 0 Å². The van der Waals surface area contributed by atoms with Crippen LogP contribution in [0.2, 0.25) is 0 Å². The molecule has 2 heteroatoms. The van der Waals surface area contributed by atoms with Crippen LogP contribution in [-0.2, 0) is 0 Å². The molecule has 0 aliphatic rings. The molecule has 0 atom stereocenters. The number of hydrogen-bond donors (Lipinski definition) is 0. The zero-order valence-electron chi connectivity index (χ0n) is 34.0. The first kappa shape index (κ1) is 36.1. The van der Waals surface area contributed by atoms with E-state index >= 15 is 0 Å². The highest BCUT2D eigenvalue weighted by atomic mass is 28.3. The van der Waals surface area contributed by atoms with Crippen LogP contribution in [0.1, 0.15) is 0 Å². The lowest BCUT2D eigenvalue weighted by atomic mass is 9.85. The molecule has 0 saturated carbocycles. The maximum Gasteiger partial charge on any atom is 0.179 e. The van der Waals surface area contributed by atoms with E-state index in [4.69, 9.17) is 4.42 Å². The topological polar surface area (TPSA) is 13.1 Å². The zero-order chi connectivity index (χ0) is 41.0. The fourth-order valence-electron chi connectivity index (χ4n) is 10.2. The highest BCUT2D eigenvalue weighted by molar-refractivity contribution is 7.20. The number of benzene rings is 11. The molecule has 12 aromatic rings. The van der Waals surface area contributed by atoms with Crippen LogP contribution in [0.3, 0.4) is 0 Å². The Morgan fingerprint density at radius 1 is 0.242 bits per heavy atom. The van der Waals surface area contributed by atoms with Gasteiger partial charge in [0.2, 0.25) is 0 Å². The van der Waals surface area contributed by atoms with Gasteiger partial charge in [-0.2, -0.15) is 0 Å². The standard InChI is InChI=1S/C60H40OSi/c1-4-18-47(19-5-1)62(48-20-6-2-7-21-48,49-22-8-3-9-23-49)50-35-37-57-56(40-50)51-36-34-45(39-58(51)61-57)42-28-31-43(32-29-42)59-52-24-12-14-26-54(52)60(55-27-15-13-25-53(55)59)46-33-30-41-16-10-11-17-44(41)38-46/h1-40H. The van der Waals surface area contributed by atoms with Gasteiger partial charge in [-0.1, -0.05) is 218 Å². The molecule has 0 fully saturated rings. The number of fused-ring (bicyclic) bond motifs is 6. The molecule has 0 N–H and O–H groups in total. The minimum Gasteiger partial charge on any atom is -0.456 e. The number of hydrogen-bond acceptors (Lipinski definition) is 1. The monoisotopic (exact) mass is 804 g/mol. The molecule has 1 nitrogen and oxygen atoms in total. The van der Waals surface area contributed by atoms with Gasteiger partial charge in [0.25, 0.3) is 0 Å². The average molecular weight is 805 g/mol. The zero-order valence-corrected chi connectivity index (χ0v) is 35.0. The van der Waals surface area contributed by atoms with Crippen molar-refractivity contribution in [1.29, 1.82) is 0 Å². The Morgan fingerprint density at radius 3 is 1.29 bits per heavy atom. The van der Waals surface area contributed by atoms with Gasteiger partial charge in [0.15, 0.2) is 8.07 Å². The van der Waals surface area contributed by atoms with Gasteiger partial charge in [0.1, 0.15) is 11.2 Å². The summed E-state index contributed by atoms with van der Waals surface area (Å²) in [5.74, 6) is 0. The van der Waals surface area contributed by atoms with Crippen molar-refractivity contribution in [2.45, 2.75) is 0 Å². The summed E-state index contributed by atoms with van der Waals surface area (Å²) in [4.78, 5) is 0. The molecule has 0 bridgehead atoms. The molecular formula is C60H40OSi. The van der Waals surface area contributed by atoms with Crippen molar-refractivity contribution in [1.82, 2.24) is 0 Å². The van der Waals surface area contributed by atoms with Crippen LogP contribution in [-0.4, -0.2) is 8.07 Å². The number of rotatable bonds is 7. The Bertz CT molecular complexity index is 3450. The summed E-state index contributed by atoms with van der Waals surface area (Å²) < 4.78 is 6.68. The summed E-state index contributed by atoms with van der Waals surface area (Å²) in [6, 6.07) is 89.3. The molecule has 12 rings (SSSR count). The van der Waals surface area contributed by atoms with Gasteiger partial charge in [-0.05, 0) is 111 Å². The molecule has 0 aliphatic carbocycles. The fourth-order valence-corrected chi connectivity index (χ4v) is 15.0. The minimum absolute atomic E-state index is 0.895. The van der Waals surface area contributed by atoms with Crippen molar-refractivity contribution in [2.24, 2.45) is 0 Å². The third kappa shape index (κ3) is 5.76. The molecule has 0 saturated heterocycles. The Balaban J connectivity index is 0.959. The van der Waals surface area contributed by atoms with Gasteiger partial charge in [-0.15, -0.1) is 0 Å². The maximum absolute atomic E-state index is 6.68. The highest BCUT2D eigenvalue weighted by Gasteiger charge is 2.41. The lowest BCUT2D eigenvalue weighted by Crippen LogP contribution is -2.74. The molecule has 11 aromatic carbocycles. The van der Waals surface area contributed by atoms with E-state index in [-0.39, 0.29) is 0 Å². The van der Waals surface area contributed by atoms with Crippen LogP contribution in [0.4, 0.5) is 0 Å². The Hall–Kier alpha value is -7.78. The van der Waals surface area contributed by atoms with Crippen molar-refractivity contribution < 1.29 is 4.42 Å². The van der Waals surface area contributed by atoms with Gasteiger partial charge in [-0.3, -0.25) is 0 Å². The van der Waals surface area contributed by atoms with Crippen LogP contribution in [0.15, 0.2) is 247 Å². The van der Waals surface area contributed by atoms with Gasteiger partial charge in [-0.25, -0.2) is 0 Å². The van der Waals surface area contributed by atoms with E-state index in [9.17, 15) is 0 Å². The van der Waals surface area contributed by atoms with E-state index in [1.807, 2.05) is 0 Å². The Kier molecular flexibility index (Phi) is 8.58. The van der Waals surface area contributed by atoms with E-state index in [2.05, 4.69) is 243 Å². The van der Waals surface area contributed by atoms with Gasteiger partial charge < -0.3 is 4.42 Å². The van der Waals surface area contributed by atoms with E-state index in [0.29, 0.717) is 0 Å². The minimum atomic E-state index is -2.68. The summed E-state index contributed by atoms with van der Waals surface area (Å²) >= 11 is 0. The average Bonchev–Trinajstić information content (AvgIpc) is 3.72. The van der Waals surface area contributed by atoms with Crippen molar-refractivity contribution in [3.05, 3.63) is 243 Å². The summed E-state index contributed by atoms with van der Waals surface area (Å²) in [6.45, 7) is 0. The van der Waals surface area contributed by atoms with Gasteiger partial charge in [0, 0.05) is 10.8 Å². The third-order valence-corrected chi connectivity index (χ3v) is 17.8. The van der Waals surface area contributed by atoms with E-state index in [0.717, 1.165) is 33.1 Å². The van der Waals surface area contributed by atoms with Crippen LogP contribution in [0.25, 0.3) is 87.6 Å². The highest BCUT2D eigenvalue weighted by Crippen LogP contribution is 2.44. The number of furan rings is 1. The summed E-state index contributed by atoms with van der Waals surface area (Å²) in [6.07, 6.45) is 0. The quantitative estimate of drug-likeness (QED) is 0.0888. The molecule has 0 spiro atoms. The molecule has 1 aromatic heterocycles. The van der Waals surface area contributed by atoms with Crippen LogP contribution in [0.5, 0.6) is 0 Å². The van der Waals surface area contributed by atoms with Crippen LogP contribution >= 0.6 is 0 Å². The Labute approximate surface area is 361 Å². The normalized spacial score (nSPS) is 11.9. The lowest BCUT2D eigenvalue weighted by molar-refractivity contribution is 0.669. The molecular weight excluding hydrogens is 765 g/mol. The van der Waals surface area contributed by atoms with Crippen molar-refractivity contribution >= 4 is 83.1 Å². The predicted octanol–water partition coefficient (Wildman–Crippen LogP) is 13.4. The molecule has 0 amide bonds.